The van der Waals surface area contributed by atoms with E-state index in [1.165, 1.54) is 11.8 Å². The maximum absolute atomic E-state index is 13.4. The molecule has 160 valence electrons. The zero-order valence-corrected chi connectivity index (χ0v) is 19.2. The second-order valence-electron chi connectivity index (χ2n) is 7.12. The lowest BCUT2D eigenvalue weighted by atomic mass is 10.2. The molecule has 0 spiro atoms. The van der Waals surface area contributed by atoms with Gasteiger partial charge in [-0.05, 0) is 36.4 Å². The second kappa shape index (κ2) is 8.72. The molecule has 1 amide bonds. The molecule has 1 aliphatic rings. The van der Waals surface area contributed by atoms with Crippen LogP contribution in [0.4, 0.5) is 11.4 Å². The topological polar surface area (TPSA) is 60.3 Å². The van der Waals surface area contributed by atoms with Gasteiger partial charge in [-0.15, -0.1) is 10.2 Å². The van der Waals surface area contributed by atoms with Gasteiger partial charge < -0.3 is 9.30 Å². The molecule has 0 radical (unpaired) electrons. The lowest BCUT2D eigenvalue weighted by Gasteiger charge is -2.30. The molecule has 0 aliphatic carbocycles. The Balaban J connectivity index is 1.40. The van der Waals surface area contributed by atoms with Crippen molar-refractivity contribution in [1.82, 2.24) is 14.8 Å². The van der Waals surface area contributed by atoms with E-state index in [1.807, 2.05) is 89.3 Å². The van der Waals surface area contributed by atoms with E-state index in [0.717, 1.165) is 32.5 Å². The minimum atomic E-state index is -0.00274. The number of hydrogen-bond donors (Lipinski definition) is 0. The minimum absolute atomic E-state index is 0.00274. The van der Waals surface area contributed by atoms with Crippen LogP contribution in [0, 0.1) is 0 Å². The summed E-state index contributed by atoms with van der Waals surface area (Å²) in [5, 5.41) is 9.33. The summed E-state index contributed by atoms with van der Waals surface area (Å²) in [6.07, 6.45) is 0. The molecule has 0 unspecified atom stereocenters. The van der Waals surface area contributed by atoms with Crippen LogP contribution in [0.5, 0.6) is 5.75 Å². The molecule has 8 heteroatoms. The van der Waals surface area contributed by atoms with E-state index in [1.54, 1.807) is 18.9 Å². The first-order chi connectivity index (χ1) is 15.7. The molecule has 0 fully saturated rings. The summed E-state index contributed by atoms with van der Waals surface area (Å²) in [7, 11) is 3.53. The third-order valence-corrected chi connectivity index (χ3v) is 7.32. The third-order valence-electron chi connectivity index (χ3n) is 5.19. The van der Waals surface area contributed by atoms with Gasteiger partial charge in [0.25, 0.3) is 0 Å². The summed E-state index contributed by atoms with van der Waals surface area (Å²) in [5.41, 5.74) is 2.68. The zero-order chi connectivity index (χ0) is 22.1. The number of amides is 1. The number of ether oxygens (including phenoxy) is 1. The molecule has 0 atom stereocenters. The van der Waals surface area contributed by atoms with Crippen molar-refractivity contribution >= 4 is 40.8 Å². The highest BCUT2D eigenvalue weighted by atomic mass is 32.2. The van der Waals surface area contributed by atoms with Crippen LogP contribution < -0.4 is 9.64 Å². The lowest BCUT2D eigenvalue weighted by molar-refractivity contribution is -0.115. The minimum Gasteiger partial charge on any atom is -0.496 e. The van der Waals surface area contributed by atoms with Crippen LogP contribution in [0.3, 0.4) is 0 Å². The van der Waals surface area contributed by atoms with E-state index in [-0.39, 0.29) is 11.7 Å². The number of benzene rings is 3. The Hall–Kier alpha value is -3.23. The largest absolute Gasteiger partial charge is 0.496 e. The number of para-hydroxylation sites is 3. The molecular formula is C24H20N4O2S2. The van der Waals surface area contributed by atoms with Crippen molar-refractivity contribution in [2.24, 2.45) is 7.05 Å². The Labute approximate surface area is 194 Å². The number of carbonyl (C=O) groups is 1. The standard InChI is InChI=1S/C24H20N4O2S2/c1-27-23(16-9-3-6-12-19(16)30-2)25-26-24(27)31-15-22(29)28-17-10-4-7-13-20(17)32-21-14-8-5-11-18(21)28/h3-14H,15H2,1-2H3. The highest BCUT2D eigenvalue weighted by Crippen LogP contribution is 2.48. The maximum Gasteiger partial charge on any atom is 0.242 e. The third kappa shape index (κ3) is 3.65. The van der Waals surface area contributed by atoms with Crippen LogP contribution in [-0.2, 0) is 11.8 Å². The fourth-order valence-electron chi connectivity index (χ4n) is 3.67. The van der Waals surface area contributed by atoms with Gasteiger partial charge in [-0.2, -0.15) is 0 Å². The molecule has 3 aromatic carbocycles. The van der Waals surface area contributed by atoms with Gasteiger partial charge in [-0.25, -0.2) is 0 Å². The van der Waals surface area contributed by atoms with Crippen LogP contribution in [0.2, 0.25) is 0 Å². The molecule has 32 heavy (non-hydrogen) atoms. The number of rotatable bonds is 5. The Morgan fingerprint density at radius 3 is 2.25 bits per heavy atom. The fourth-order valence-corrected chi connectivity index (χ4v) is 5.49. The molecule has 0 saturated carbocycles. The summed E-state index contributed by atoms with van der Waals surface area (Å²) in [6, 6.07) is 23.7. The van der Waals surface area contributed by atoms with E-state index < -0.39 is 0 Å². The van der Waals surface area contributed by atoms with Crippen molar-refractivity contribution < 1.29 is 9.53 Å². The van der Waals surface area contributed by atoms with Gasteiger partial charge in [0.1, 0.15) is 5.75 Å². The van der Waals surface area contributed by atoms with Crippen LogP contribution in [-0.4, -0.2) is 33.5 Å². The predicted molar refractivity (Wildman–Crippen MR) is 128 cm³/mol. The highest BCUT2D eigenvalue weighted by molar-refractivity contribution is 8.00. The van der Waals surface area contributed by atoms with Gasteiger partial charge in [-0.3, -0.25) is 9.69 Å². The summed E-state index contributed by atoms with van der Waals surface area (Å²) < 4.78 is 7.35. The Bertz CT molecular complexity index is 1260. The molecule has 0 N–H and O–H groups in total. The monoisotopic (exact) mass is 460 g/mol. The van der Waals surface area contributed by atoms with E-state index in [0.29, 0.717) is 11.0 Å². The van der Waals surface area contributed by atoms with Crippen molar-refractivity contribution in [2.45, 2.75) is 14.9 Å². The number of aromatic nitrogens is 3. The highest BCUT2D eigenvalue weighted by Gasteiger charge is 2.28. The number of anilines is 2. The summed E-state index contributed by atoms with van der Waals surface area (Å²) in [6.45, 7) is 0. The van der Waals surface area contributed by atoms with E-state index in [2.05, 4.69) is 10.2 Å². The average molecular weight is 461 g/mol. The zero-order valence-electron chi connectivity index (χ0n) is 17.6. The lowest BCUT2D eigenvalue weighted by Crippen LogP contribution is -2.30. The number of hydrogen-bond acceptors (Lipinski definition) is 6. The van der Waals surface area contributed by atoms with Crippen LogP contribution in [0.15, 0.2) is 87.7 Å². The molecule has 1 aliphatic heterocycles. The van der Waals surface area contributed by atoms with E-state index in [4.69, 9.17) is 4.74 Å². The number of thioether (sulfide) groups is 1. The molecule has 0 saturated heterocycles. The SMILES string of the molecule is COc1ccccc1-c1nnc(SCC(=O)N2c3ccccc3Sc3ccccc32)n1C. The quantitative estimate of drug-likeness (QED) is 0.371. The molecule has 1 aromatic heterocycles. The Morgan fingerprint density at radius 2 is 1.56 bits per heavy atom. The maximum atomic E-state index is 13.4. The number of fused-ring (bicyclic) bond motifs is 2. The predicted octanol–water partition coefficient (Wildman–Crippen LogP) is 5.41. The Kier molecular flexibility index (Phi) is 5.63. The van der Waals surface area contributed by atoms with Crippen molar-refractivity contribution in [2.75, 3.05) is 17.8 Å². The normalized spacial score (nSPS) is 12.2. The molecular weight excluding hydrogens is 440 g/mol. The van der Waals surface area contributed by atoms with Gasteiger partial charge in [0.05, 0.1) is 29.8 Å². The van der Waals surface area contributed by atoms with Gasteiger partial charge in [-0.1, -0.05) is 59.9 Å². The molecule has 2 heterocycles. The molecule has 0 bridgehead atoms. The average Bonchev–Trinajstić information content (AvgIpc) is 3.20. The van der Waals surface area contributed by atoms with Crippen molar-refractivity contribution in [1.29, 1.82) is 0 Å². The van der Waals surface area contributed by atoms with Crippen molar-refractivity contribution in [3.63, 3.8) is 0 Å². The van der Waals surface area contributed by atoms with Gasteiger partial charge >= 0.3 is 0 Å². The van der Waals surface area contributed by atoms with Gasteiger partial charge in [0.2, 0.25) is 5.91 Å². The van der Waals surface area contributed by atoms with Crippen LogP contribution >= 0.6 is 23.5 Å². The number of carbonyl (C=O) groups excluding carboxylic acids is 1. The summed E-state index contributed by atoms with van der Waals surface area (Å²) in [5.74, 6) is 1.67. The Morgan fingerprint density at radius 1 is 0.938 bits per heavy atom. The van der Waals surface area contributed by atoms with Crippen LogP contribution in [0.1, 0.15) is 0 Å². The summed E-state index contributed by atoms with van der Waals surface area (Å²) in [4.78, 5) is 17.4. The van der Waals surface area contributed by atoms with E-state index in [9.17, 15) is 4.79 Å². The second-order valence-corrected chi connectivity index (χ2v) is 9.15. The van der Waals surface area contributed by atoms with Gasteiger partial charge in [0.15, 0.2) is 11.0 Å². The molecule has 6 nitrogen and oxygen atoms in total. The summed E-state index contributed by atoms with van der Waals surface area (Å²) >= 11 is 3.06. The van der Waals surface area contributed by atoms with E-state index >= 15 is 0 Å². The van der Waals surface area contributed by atoms with Crippen molar-refractivity contribution in [3.05, 3.63) is 72.8 Å². The number of methoxy groups -OCH3 is 1. The smallest absolute Gasteiger partial charge is 0.242 e. The first-order valence-corrected chi connectivity index (χ1v) is 11.8. The first-order valence-electron chi connectivity index (χ1n) is 10.0. The number of nitrogens with zero attached hydrogens (tertiary/aromatic N) is 4. The van der Waals surface area contributed by atoms with Crippen molar-refractivity contribution in [3.8, 4) is 17.1 Å². The van der Waals surface area contributed by atoms with Gasteiger partial charge in [0, 0.05) is 16.8 Å². The van der Waals surface area contributed by atoms with Crippen LogP contribution in [0.25, 0.3) is 11.4 Å². The first kappa shape index (κ1) is 20.7. The molecule has 4 aromatic rings. The fraction of sp³-hybridized carbons (Fsp3) is 0.125. The molecule has 5 rings (SSSR count).